The van der Waals surface area contributed by atoms with Crippen molar-refractivity contribution in [2.24, 2.45) is 0 Å². The van der Waals surface area contributed by atoms with Crippen LogP contribution in [0.1, 0.15) is 24.1 Å². The van der Waals surface area contributed by atoms with Crippen LogP contribution in [0.15, 0.2) is 71.8 Å². The average molecular weight is 427 g/mol. The second-order valence-electron chi connectivity index (χ2n) is 7.34. The fourth-order valence-corrected chi connectivity index (χ4v) is 4.95. The van der Waals surface area contributed by atoms with Crippen LogP contribution in [0.2, 0.25) is 0 Å². The molecular weight excluding hydrogens is 400 g/mol. The highest BCUT2D eigenvalue weighted by atomic mass is 32.2. The van der Waals surface area contributed by atoms with Crippen molar-refractivity contribution in [2.45, 2.75) is 24.4 Å². The van der Waals surface area contributed by atoms with Gasteiger partial charge in [-0.2, -0.15) is 9.40 Å². The van der Waals surface area contributed by atoms with E-state index >= 15 is 0 Å². The van der Waals surface area contributed by atoms with Crippen molar-refractivity contribution in [1.29, 1.82) is 0 Å². The Balaban J connectivity index is 1.45. The van der Waals surface area contributed by atoms with Crippen LogP contribution in [0, 0.1) is 0 Å². The fraction of sp³-hybridized carbons (Fsp3) is 0.318. The molecule has 1 aliphatic rings. The van der Waals surface area contributed by atoms with E-state index in [0.717, 1.165) is 11.4 Å². The molecule has 0 spiro atoms. The Morgan fingerprint density at radius 1 is 1.07 bits per heavy atom. The lowest BCUT2D eigenvalue weighted by molar-refractivity contribution is 0.0730. The molecule has 0 saturated carbocycles. The van der Waals surface area contributed by atoms with Gasteiger partial charge in [0.15, 0.2) is 0 Å². The summed E-state index contributed by atoms with van der Waals surface area (Å²) >= 11 is 0. The van der Waals surface area contributed by atoms with Gasteiger partial charge in [-0.1, -0.05) is 42.5 Å². The number of nitrogens with one attached hydrogen (secondary N) is 1. The van der Waals surface area contributed by atoms with E-state index in [-0.39, 0.29) is 6.04 Å². The van der Waals surface area contributed by atoms with Crippen LogP contribution >= 0.6 is 0 Å². The minimum absolute atomic E-state index is 0.0927. The van der Waals surface area contributed by atoms with Gasteiger partial charge in [-0.05, 0) is 30.2 Å². The SMILES string of the molecule is CC(Nc1ccn(Cc2ccccc2)n1)c1cccc(S(=O)(=O)N2CCOCC2)c1. The Labute approximate surface area is 177 Å². The number of aromatic nitrogens is 2. The topological polar surface area (TPSA) is 76.5 Å². The summed E-state index contributed by atoms with van der Waals surface area (Å²) in [6, 6.07) is 19.1. The van der Waals surface area contributed by atoms with E-state index in [4.69, 9.17) is 4.74 Å². The minimum Gasteiger partial charge on any atom is -0.379 e. The monoisotopic (exact) mass is 426 g/mol. The summed E-state index contributed by atoms with van der Waals surface area (Å²) in [4.78, 5) is 0.310. The maximum atomic E-state index is 12.9. The molecule has 30 heavy (non-hydrogen) atoms. The number of anilines is 1. The van der Waals surface area contributed by atoms with Gasteiger partial charge in [0.25, 0.3) is 0 Å². The van der Waals surface area contributed by atoms with E-state index in [2.05, 4.69) is 22.5 Å². The van der Waals surface area contributed by atoms with E-state index in [1.54, 1.807) is 18.2 Å². The molecule has 1 aliphatic heterocycles. The van der Waals surface area contributed by atoms with Gasteiger partial charge in [0.2, 0.25) is 10.0 Å². The van der Waals surface area contributed by atoms with Crippen molar-refractivity contribution in [3.05, 3.63) is 78.0 Å². The lowest BCUT2D eigenvalue weighted by atomic mass is 10.1. The molecule has 0 amide bonds. The predicted molar refractivity (Wildman–Crippen MR) is 116 cm³/mol. The van der Waals surface area contributed by atoms with Crippen LogP contribution in [-0.4, -0.2) is 48.8 Å². The molecule has 1 saturated heterocycles. The number of hydrogen-bond acceptors (Lipinski definition) is 5. The molecule has 1 atom stereocenters. The van der Waals surface area contributed by atoms with Crippen LogP contribution in [-0.2, 0) is 21.3 Å². The van der Waals surface area contributed by atoms with Crippen molar-refractivity contribution in [2.75, 3.05) is 31.6 Å². The first kappa shape index (κ1) is 20.6. The van der Waals surface area contributed by atoms with Gasteiger partial charge in [-0.25, -0.2) is 8.42 Å². The largest absolute Gasteiger partial charge is 0.379 e. The highest BCUT2D eigenvalue weighted by molar-refractivity contribution is 7.89. The van der Waals surface area contributed by atoms with Gasteiger partial charge in [-0.3, -0.25) is 4.68 Å². The van der Waals surface area contributed by atoms with E-state index in [1.807, 2.05) is 48.1 Å². The van der Waals surface area contributed by atoms with Crippen molar-refractivity contribution in [3.8, 4) is 0 Å². The zero-order chi connectivity index (χ0) is 21.0. The summed E-state index contributed by atoms with van der Waals surface area (Å²) in [7, 11) is -3.52. The van der Waals surface area contributed by atoms with Gasteiger partial charge >= 0.3 is 0 Å². The normalized spacial score (nSPS) is 16.3. The predicted octanol–water partition coefficient (Wildman–Crippen LogP) is 3.13. The first-order valence-corrected chi connectivity index (χ1v) is 11.5. The Hall–Kier alpha value is -2.68. The second kappa shape index (κ2) is 8.99. The summed E-state index contributed by atoms with van der Waals surface area (Å²) in [5.41, 5.74) is 2.07. The maximum absolute atomic E-state index is 12.9. The summed E-state index contributed by atoms with van der Waals surface area (Å²) in [5, 5.41) is 7.94. The summed E-state index contributed by atoms with van der Waals surface area (Å²) in [6.07, 6.45) is 1.93. The zero-order valence-electron chi connectivity index (χ0n) is 16.9. The minimum atomic E-state index is -3.52. The number of hydrogen-bond donors (Lipinski definition) is 1. The molecule has 0 radical (unpaired) electrons. The molecule has 8 heteroatoms. The quantitative estimate of drug-likeness (QED) is 0.628. The third kappa shape index (κ3) is 4.72. The zero-order valence-corrected chi connectivity index (χ0v) is 17.8. The Bertz CT molecular complexity index is 1080. The fourth-order valence-electron chi connectivity index (χ4n) is 3.48. The van der Waals surface area contributed by atoms with Crippen LogP contribution in [0.4, 0.5) is 5.82 Å². The van der Waals surface area contributed by atoms with Crippen molar-refractivity contribution < 1.29 is 13.2 Å². The van der Waals surface area contributed by atoms with Crippen LogP contribution in [0.25, 0.3) is 0 Å². The molecule has 2 aromatic carbocycles. The Kier molecular flexibility index (Phi) is 6.17. The highest BCUT2D eigenvalue weighted by Crippen LogP contribution is 2.23. The van der Waals surface area contributed by atoms with E-state index < -0.39 is 10.0 Å². The summed E-state index contributed by atoms with van der Waals surface area (Å²) in [5.74, 6) is 0.750. The molecule has 2 heterocycles. The Morgan fingerprint density at radius 2 is 1.83 bits per heavy atom. The molecular formula is C22H26N4O3S. The van der Waals surface area contributed by atoms with E-state index in [1.165, 1.54) is 9.87 Å². The first-order valence-electron chi connectivity index (χ1n) is 10.0. The van der Waals surface area contributed by atoms with Crippen molar-refractivity contribution in [3.63, 3.8) is 0 Å². The molecule has 0 aliphatic carbocycles. The molecule has 158 valence electrons. The number of ether oxygens (including phenoxy) is 1. The third-order valence-electron chi connectivity index (χ3n) is 5.16. The van der Waals surface area contributed by atoms with E-state index in [0.29, 0.717) is 37.7 Å². The number of sulfonamides is 1. The molecule has 7 nitrogen and oxygen atoms in total. The second-order valence-corrected chi connectivity index (χ2v) is 9.28. The highest BCUT2D eigenvalue weighted by Gasteiger charge is 2.26. The number of nitrogens with zero attached hydrogens (tertiary/aromatic N) is 3. The summed E-state index contributed by atoms with van der Waals surface area (Å²) in [6.45, 7) is 4.34. The molecule has 3 aromatic rings. The molecule has 1 N–H and O–H groups in total. The lowest BCUT2D eigenvalue weighted by Gasteiger charge is -2.26. The maximum Gasteiger partial charge on any atom is 0.243 e. The van der Waals surface area contributed by atoms with E-state index in [9.17, 15) is 8.42 Å². The first-order chi connectivity index (χ1) is 14.5. The molecule has 1 unspecified atom stereocenters. The molecule has 4 rings (SSSR count). The Morgan fingerprint density at radius 3 is 2.60 bits per heavy atom. The summed E-state index contributed by atoms with van der Waals surface area (Å²) < 4.78 is 34.5. The lowest BCUT2D eigenvalue weighted by Crippen LogP contribution is -2.40. The van der Waals surface area contributed by atoms with Crippen molar-refractivity contribution >= 4 is 15.8 Å². The van der Waals surface area contributed by atoms with Gasteiger partial charge < -0.3 is 10.1 Å². The average Bonchev–Trinajstić information content (AvgIpc) is 3.21. The molecule has 1 aromatic heterocycles. The number of morpholine rings is 1. The van der Waals surface area contributed by atoms with Gasteiger partial charge in [0.1, 0.15) is 5.82 Å². The molecule has 1 fully saturated rings. The number of benzene rings is 2. The number of rotatable bonds is 7. The van der Waals surface area contributed by atoms with Crippen molar-refractivity contribution in [1.82, 2.24) is 14.1 Å². The standard InChI is InChI=1S/C22H26N4O3S/c1-18(23-22-10-11-25(24-22)17-19-6-3-2-4-7-19)20-8-5-9-21(16-20)30(27,28)26-12-14-29-15-13-26/h2-11,16,18H,12-15,17H2,1H3,(H,23,24). The van der Waals surface area contributed by atoms with Crippen LogP contribution in [0.3, 0.4) is 0 Å². The van der Waals surface area contributed by atoms with Crippen LogP contribution in [0.5, 0.6) is 0 Å². The molecule has 0 bridgehead atoms. The third-order valence-corrected chi connectivity index (χ3v) is 7.05. The smallest absolute Gasteiger partial charge is 0.243 e. The van der Waals surface area contributed by atoms with Gasteiger partial charge in [0.05, 0.1) is 30.7 Å². The van der Waals surface area contributed by atoms with Gasteiger partial charge in [-0.15, -0.1) is 0 Å². The van der Waals surface area contributed by atoms with Gasteiger partial charge in [0, 0.05) is 25.4 Å². The van der Waals surface area contributed by atoms with Crippen LogP contribution < -0.4 is 5.32 Å².